The van der Waals surface area contributed by atoms with Gasteiger partial charge < -0.3 is 9.64 Å². The summed E-state index contributed by atoms with van der Waals surface area (Å²) in [5, 5.41) is 9.62. The topological polar surface area (TPSA) is 75.6 Å². The first-order valence-corrected chi connectivity index (χ1v) is 8.65. The van der Waals surface area contributed by atoms with Gasteiger partial charge in [0.2, 0.25) is 11.4 Å². The van der Waals surface area contributed by atoms with Crippen molar-refractivity contribution in [3.8, 4) is 0 Å². The van der Waals surface area contributed by atoms with Crippen molar-refractivity contribution in [2.75, 3.05) is 18.0 Å². The number of ether oxygens (including phenoxy) is 1. The van der Waals surface area contributed by atoms with Crippen molar-refractivity contribution in [3.63, 3.8) is 0 Å². The van der Waals surface area contributed by atoms with E-state index in [0.29, 0.717) is 18.2 Å². The molecule has 1 aromatic rings. The van der Waals surface area contributed by atoms with Crippen molar-refractivity contribution < 1.29 is 14.3 Å². The maximum absolute atomic E-state index is 12.5. The first kappa shape index (κ1) is 17.4. The molecule has 1 saturated heterocycles. The first-order chi connectivity index (χ1) is 11.1. The van der Waals surface area contributed by atoms with Crippen LogP contribution in [0.5, 0.6) is 0 Å². The third-order valence-corrected chi connectivity index (χ3v) is 4.58. The van der Waals surface area contributed by atoms with Crippen LogP contribution in [-0.2, 0) is 16.0 Å². The number of anilines is 1. The number of urea groups is 1. The van der Waals surface area contributed by atoms with Crippen molar-refractivity contribution in [3.05, 3.63) is 17.7 Å². The molecule has 1 fully saturated rings. The molecule has 126 valence electrons. The van der Waals surface area contributed by atoms with Gasteiger partial charge in [-0.15, -0.1) is 10.2 Å². The van der Waals surface area contributed by atoms with Gasteiger partial charge >= 0.3 is 12.0 Å². The summed E-state index contributed by atoms with van der Waals surface area (Å²) in [5.41, 5.74) is 0. The van der Waals surface area contributed by atoms with Crippen molar-refractivity contribution in [2.45, 2.75) is 45.8 Å². The Labute approximate surface area is 139 Å². The smallest absolute Gasteiger partial charge is 0.332 e. The number of nitrogens with zero attached hydrogens (tertiary/aromatic N) is 4. The Morgan fingerprint density at radius 3 is 2.87 bits per heavy atom. The van der Waals surface area contributed by atoms with Crippen LogP contribution in [0.3, 0.4) is 0 Å². The molecule has 1 unspecified atom stereocenters. The fourth-order valence-electron chi connectivity index (χ4n) is 2.33. The summed E-state index contributed by atoms with van der Waals surface area (Å²) in [4.78, 5) is 27.0. The summed E-state index contributed by atoms with van der Waals surface area (Å²) < 4.78 is 5.28. The number of rotatable bonds is 8. The third-order valence-electron chi connectivity index (χ3n) is 3.60. The summed E-state index contributed by atoms with van der Waals surface area (Å²) in [6, 6.07) is -0.217. The first-order valence-electron chi connectivity index (χ1n) is 7.84. The van der Waals surface area contributed by atoms with Gasteiger partial charge in [0.1, 0.15) is 5.01 Å². The van der Waals surface area contributed by atoms with Crippen LogP contribution in [0, 0.1) is 0 Å². The van der Waals surface area contributed by atoms with Crippen molar-refractivity contribution >= 4 is 28.5 Å². The number of aryl methyl sites for hydroxylation is 1. The molecule has 1 atom stereocenters. The lowest BCUT2D eigenvalue weighted by atomic mass is 10.2. The number of hydrogen-bond acceptors (Lipinski definition) is 6. The number of unbranched alkanes of at least 4 members (excludes halogenated alkanes) is 2. The summed E-state index contributed by atoms with van der Waals surface area (Å²) >= 11 is 1.37. The van der Waals surface area contributed by atoms with E-state index in [4.69, 9.17) is 4.74 Å². The standard InChI is InChI=1S/C15H22N4O3S/c1-4-7-8-9-11-16-17-14(23-11)19-12(22-13(20)5-2)10-18(6-3)15(19)21/h5,12H,2,4,6-10H2,1,3H3. The zero-order valence-corrected chi connectivity index (χ0v) is 14.3. The molecule has 2 rings (SSSR count). The van der Waals surface area contributed by atoms with Gasteiger partial charge in [0.25, 0.3) is 0 Å². The van der Waals surface area contributed by atoms with E-state index in [0.717, 1.165) is 36.8 Å². The van der Waals surface area contributed by atoms with Crippen LogP contribution in [0.4, 0.5) is 9.93 Å². The maximum Gasteiger partial charge on any atom is 0.332 e. The number of carbonyl (C=O) groups is 2. The van der Waals surface area contributed by atoms with Crippen molar-refractivity contribution in [2.24, 2.45) is 0 Å². The van der Waals surface area contributed by atoms with E-state index in [1.54, 1.807) is 4.90 Å². The Kier molecular flexibility index (Phi) is 6.09. The molecule has 7 nitrogen and oxygen atoms in total. The molecule has 0 aromatic carbocycles. The highest BCUT2D eigenvalue weighted by atomic mass is 32.1. The highest BCUT2D eigenvalue weighted by Gasteiger charge is 2.41. The highest BCUT2D eigenvalue weighted by molar-refractivity contribution is 7.15. The number of carbonyl (C=O) groups excluding carboxylic acids is 2. The lowest BCUT2D eigenvalue weighted by Gasteiger charge is -2.18. The summed E-state index contributed by atoms with van der Waals surface area (Å²) in [7, 11) is 0. The number of esters is 1. The van der Waals surface area contributed by atoms with Crippen LogP contribution in [0.25, 0.3) is 0 Å². The quantitative estimate of drug-likeness (QED) is 0.414. The molecule has 0 bridgehead atoms. The molecule has 1 aromatic heterocycles. The molecular weight excluding hydrogens is 316 g/mol. The van der Waals surface area contributed by atoms with Gasteiger partial charge in [-0.25, -0.2) is 14.5 Å². The van der Waals surface area contributed by atoms with E-state index >= 15 is 0 Å². The molecule has 23 heavy (non-hydrogen) atoms. The minimum Gasteiger partial charge on any atom is -0.436 e. The normalized spacial score (nSPS) is 17.7. The molecule has 2 amide bonds. The fourth-order valence-corrected chi connectivity index (χ4v) is 3.25. The molecule has 1 aliphatic rings. The Morgan fingerprint density at radius 2 is 2.22 bits per heavy atom. The van der Waals surface area contributed by atoms with Crippen molar-refractivity contribution in [1.82, 2.24) is 15.1 Å². The van der Waals surface area contributed by atoms with Crippen LogP contribution < -0.4 is 4.90 Å². The molecule has 8 heteroatoms. The molecule has 2 heterocycles. The zero-order valence-electron chi connectivity index (χ0n) is 13.5. The lowest BCUT2D eigenvalue weighted by molar-refractivity contribution is -0.142. The SMILES string of the molecule is C=CC(=O)OC1CN(CC)C(=O)N1c1nnc(CCCCC)s1. The van der Waals surface area contributed by atoms with E-state index in [-0.39, 0.29) is 6.03 Å². The van der Waals surface area contributed by atoms with E-state index in [9.17, 15) is 9.59 Å². The van der Waals surface area contributed by atoms with Crippen LogP contribution in [-0.4, -0.2) is 46.4 Å². The third kappa shape index (κ3) is 4.07. The molecule has 1 aliphatic heterocycles. The van der Waals surface area contributed by atoms with Gasteiger partial charge in [-0.1, -0.05) is 37.7 Å². The van der Waals surface area contributed by atoms with Gasteiger partial charge in [-0.3, -0.25) is 0 Å². The average molecular weight is 338 g/mol. The second-order valence-electron chi connectivity index (χ2n) is 5.22. The van der Waals surface area contributed by atoms with Crippen LogP contribution in [0.1, 0.15) is 38.1 Å². The molecule has 0 spiro atoms. The fraction of sp³-hybridized carbons (Fsp3) is 0.600. The van der Waals surface area contributed by atoms with Gasteiger partial charge in [-0.2, -0.15) is 0 Å². The van der Waals surface area contributed by atoms with Gasteiger partial charge in [0.15, 0.2) is 0 Å². The highest BCUT2D eigenvalue weighted by Crippen LogP contribution is 2.29. The molecule has 0 N–H and O–H groups in total. The zero-order chi connectivity index (χ0) is 16.8. The number of amides is 2. The van der Waals surface area contributed by atoms with Gasteiger partial charge in [0.05, 0.1) is 6.54 Å². The van der Waals surface area contributed by atoms with Crippen LogP contribution >= 0.6 is 11.3 Å². The summed E-state index contributed by atoms with van der Waals surface area (Å²) in [5.74, 6) is -0.557. The number of likely N-dealkylation sites (N-methyl/N-ethyl adjacent to an activating group) is 1. The monoisotopic (exact) mass is 338 g/mol. The second-order valence-corrected chi connectivity index (χ2v) is 6.26. The molecule has 0 aliphatic carbocycles. The summed E-state index contributed by atoms with van der Waals surface area (Å²) in [6.07, 6.45) is 4.58. The van der Waals surface area contributed by atoms with Gasteiger partial charge in [0, 0.05) is 19.0 Å². The Bertz CT molecular complexity index is 575. The molecular formula is C15H22N4O3S. The predicted octanol–water partition coefficient (Wildman–Crippen LogP) is 2.59. The Hall–Kier alpha value is -1.96. The molecule has 0 saturated carbocycles. The minimum absolute atomic E-state index is 0.217. The van der Waals surface area contributed by atoms with Crippen molar-refractivity contribution in [1.29, 1.82) is 0 Å². The number of hydrogen-bond donors (Lipinski definition) is 0. The maximum atomic E-state index is 12.5. The van der Waals surface area contributed by atoms with Crippen LogP contribution in [0.2, 0.25) is 0 Å². The lowest BCUT2D eigenvalue weighted by Crippen LogP contribution is -2.37. The van der Waals surface area contributed by atoms with Gasteiger partial charge in [-0.05, 0) is 13.3 Å². The minimum atomic E-state index is -0.690. The second kappa shape index (κ2) is 8.05. The largest absolute Gasteiger partial charge is 0.436 e. The van der Waals surface area contributed by atoms with Crippen LogP contribution in [0.15, 0.2) is 12.7 Å². The summed E-state index contributed by atoms with van der Waals surface area (Å²) in [6.45, 7) is 8.27. The Balaban J connectivity index is 2.14. The van der Waals surface area contributed by atoms with E-state index in [1.807, 2.05) is 6.92 Å². The van der Waals surface area contributed by atoms with E-state index in [2.05, 4.69) is 23.7 Å². The average Bonchev–Trinajstić information content (AvgIpc) is 3.11. The van der Waals surface area contributed by atoms with E-state index in [1.165, 1.54) is 16.2 Å². The number of aromatic nitrogens is 2. The van der Waals surface area contributed by atoms with E-state index < -0.39 is 12.2 Å². The Morgan fingerprint density at radius 1 is 1.43 bits per heavy atom. The predicted molar refractivity (Wildman–Crippen MR) is 88.3 cm³/mol. The molecule has 0 radical (unpaired) electrons.